The minimum Gasteiger partial charge on any atom is -0.331 e. The molecule has 18 heavy (non-hydrogen) atoms. The van der Waals surface area contributed by atoms with Crippen molar-refractivity contribution in [2.75, 3.05) is 0 Å². The Morgan fingerprint density at radius 2 is 2.11 bits per heavy atom. The lowest BCUT2D eigenvalue weighted by Gasteiger charge is -2.16. The number of hydrogen-bond acceptors (Lipinski definition) is 1. The standard InChI is InChI=1S/C15H19BrN2/c1-10-11(7-8-12(10)16)9-15-17-13-5-3-4-6-14(13)18(15)2/h3-6,10-12H,7-9H2,1-2H3. The van der Waals surface area contributed by atoms with Crippen molar-refractivity contribution < 1.29 is 0 Å². The van der Waals surface area contributed by atoms with Gasteiger partial charge in [-0.3, -0.25) is 0 Å². The summed E-state index contributed by atoms with van der Waals surface area (Å²) in [6.45, 7) is 2.36. The van der Waals surface area contributed by atoms with E-state index in [2.05, 4.69) is 58.7 Å². The molecular formula is C15H19BrN2. The Kier molecular flexibility index (Phi) is 3.18. The van der Waals surface area contributed by atoms with Gasteiger partial charge < -0.3 is 4.57 Å². The molecule has 96 valence electrons. The first-order chi connectivity index (χ1) is 8.66. The minimum atomic E-state index is 0.692. The number of aromatic nitrogens is 2. The number of nitrogens with zero attached hydrogens (tertiary/aromatic N) is 2. The highest BCUT2D eigenvalue weighted by molar-refractivity contribution is 9.09. The average Bonchev–Trinajstić information content (AvgIpc) is 2.86. The average molecular weight is 307 g/mol. The molecule has 1 aromatic carbocycles. The van der Waals surface area contributed by atoms with Gasteiger partial charge in [-0.2, -0.15) is 0 Å². The third kappa shape index (κ3) is 1.99. The van der Waals surface area contributed by atoms with Gasteiger partial charge in [-0.15, -0.1) is 0 Å². The maximum Gasteiger partial charge on any atom is 0.109 e. The first-order valence-corrected chi connectivity index (χ1v) is 7.63. The van der Waals surface area contributed by atoms with E-state index in [1.807, 2.05) is 0 Å². The molecule has 0 saturated heterocycles. The van der Waals surface area contributed by atoms with Crippen LogP contribution < -0.4 is 0 Å². The molecule has 0 bridgehead atoms. The van der Waals surface area contributed by atoms with Crippen molar-refractivity contribution in [1.82, 2.24) is 9.55 Å². The smallest absolute Gasteiger partial charge is 0.109 e. The van der Waals surface area contributed by atoms with E-state index in [1.54, 1.807) is 0 Å². The summed E-state index contributed by atoms with van der Waals surface area (Å²) in [5, 5.41) is 0. The fourth-order valence-corrected chi connectivity index (χ4v) is 3.79. The van der Waals surface area contributed by atoms with E-state index in [-0.39, 0.29) is 0 Å². The van der Waals surface area contributed by atoms with Gasteiger partial charge in [0.1, 0.15) is 5.82 Å². The lowest BCUT2D eigenvalue weighted by molar-refractivity contribution is 0.412. The van der Waals surface area contributed by atoms with Gasteiger partial charge in [-0.05, 0) is 36.8 Å². The van der Waals surface area contributed by atoms with Gasteiger partial charge in [0.2, 0.25) is 0 Å². The lowest BCUT2D eigenvalue weighted by atomic mass is 9.94. The normalized spacial score (nSPS) is 28.1. The molecule has 2 aromatic rings. The van der Waals surface area contributed by atoms with Crippen molar-refractivity contribution >= 4 is 27.0 Å². The zero-order chi connectivity index (χ0) is 12.7. The highest BCUT2D eigenvalue weighted by Gasteiger charge is 2.31. The quantitative estimate of drug-likeness (QED) is 0.769. The molecule has 3 unspecified atom stereocenters. The van der Waals surface area contributed by atoms with E-state index in [0.717, 1.165) is 23.8 Å². The number of alkyl halides is 1. The number of aryl methyl sites for hydroxylation is 1. The van der Waals surface area contributed by atoms with Gasteiger partial charge in [0.25, 0.3) is 0 Å². The van der Waals surface area contributed by atoms with Crippen molar-refractivity contribution in [3.63, 3.8) is 0 Å². The fourth-order valence-electron chi connectivity index (χ4n) is 3.09. The summed E-state index contributed by atoms with van der Waals surface area (Å²) in [5.74, 6) is 2.75. The lowest BCUT2D eigenvalue weighted by Crippen LogP contribution is -2.15. The highest BCUT2D eigenvalue weighted by atomic mass is 79.9. The van der Waals surface area contributed by atoms with E-state index in [4.69, 9.17) is 4.98 Å². The van der Waals surface area contributed by atoms with Crippen LogP contribution in [0.2, 0.25) is 0 Å². The third-order valence-corrected chi connectivity index (χ3v) is 5.74. The second-order valence-corrected chi connectivity index (χ2v) is 6.67. The largest absolute Gasteiger partial charge is 0.331 e. The first kappa shape index (κ1) is 12.2. The summed E-state index contributed by atoms with van der Waals surface area (Å²) in [7, 11) is 2.13. The number of fused-ring (bicyclic) bond motifs is 1. The molecule has 3 heteroatoms. The molecule has 1 aliphatic rings. The van der Waals surface area contributed by atoms with Crippen molar-refractivity contribution in [1.29, 1.82) is 0 Å². The Labute approximate surface area is 117 Å². The highest BCUT2D eigenvalue weighted by Crippen LogP contribution is 2.38. The molecule has 1 aliphatic carbocycles. The number of para-hydroxylation sites is 2. The number of benzene rings is 1. The van der Waals surface area contributed by atoms with Gasteiger partial charge in [-0.1, -0.05) is 35.0 Å². The molecular weight excluding hydrogens is 288 g/mol. The number of halogens is 1. The minimum absolute atomic E-state index is 0.692. The molecule has 0 N–H and O–H groups in total. The molecule has 1 heterocycles. The maximum atomic E-state index is 4.78. The summed E-state index contributed by atoms with van der Waals surface area (Å²) in [4.78, 5) is 5.47. The Hall–Kier alpha value is -0.830. The SMILES string of the molecule is CC1C(Br)CCC1Cc1nc2ccccc2n1C. The van der Waals surface area contributed by atoms with Crippen molar-refractivity contribution in [3.8, 4) is 0 Å². The van der Waals surface area contributed by atoms with Crippen LogP contribution in [0.15, 0.2) is 24.3 Å². The van der Waals surface area contributed by atoms with E-state index in [1.165, 1.54) is 24.2 Å². The summed E-state index contributed by atoms with van der Waals surface area (Å²) >= 11 is 3.78. The van der Waals surface area contributed by atoms with Crippen LogP contribution in [0, 0.1) is 11.8 Å². The second-order valence-electron chi connectivity index (χ2n) is 5.49. The van der Waals surface area contributed by atoms with Crippen LogP contribution in [0.3, 0.4) is 0 Å². The molecule has 3 rings (SSSR count). The monoisotopic (exact) mass is 306 g/mol. The Morgan fingerprint density at radius 1 is 1.33 bits per heavy atom. The van der Waals surface area contributed by atoms with Gasteiger partial charge in [0.15, 0.2) is 0 Å². The van der Waals surface area contributed by atoms with Crippen molar-refractivity contribution in [2.45, 2.75) is 31.0 Å². The first-order valence-electron chi connectivity index (χ1n) is 6.71. The zero-order valence-corrected chi connectivity index (χ0v) is 12.5. The van der Waals surface area contributed by atoms with E-state index >= 15 is 0 Å². The molecule has 0 aliphatic heterocycles. The Balaban J connectivity index is 1.89. The predicted octanol–water partition coefficient (Wildman–Crippen LogP) is 3.93. The molecule has 1 saturated carbocycles. The van der Waals surface area contributed by atoms with Crippen LogP contribution in [-0.2, 0) is 13.5 Å². The summed E-state index contributed by atoms with van der Waals surface area (Å²) in [6.07, 6.45) is 3.73. The van der Waals surface area contributed by atoms with Crippen LogP contribution in [0.5, 0.6) is 0 Å². The molecule has 0 amide bonds. The van der Waals surface area contributed by atoms with Gasteiger partial charge >= 0.3 is 0 Å². The van der Waals surface area contributed by atoms with E-state index < -0.39 is 0 Å². The molecule has 3 atom stereocenters. The third-order valence-electron chi connectivity index (χ3n) is 4.45. The van der Waals surface area contributed by atoms with Crippen molar-refractivity contribution in [3.05, 3.63) is 30.1 Å². The molecule has 0 spiro atoms. The Morgan fingerprint density at radius 3 is 2.78 bits per heavy atom. The molecule has 0 radical (unpaired) electrons. The maximum absolute atomic E-state index is 4.78. The van der Waals surface area contributed by atoms with Crippen LogP contribution in [0.1, 0.15) is 25.6 Å². The van der Waals surface area contributed by atoms with Crippen LogP contribution in [0.4, 0.5) is 0 Å². The topological polar surface area (TPSA) is 17.8 Å². The van der Waals surface area contributed by atoms with Crippen LogP contribution >= 0.6 is 15.9 Å². The van der Waals surface area contributed by atoms with Crippen molar-refractivity contribution in [2.24, 2.45) is 18.9 Å². The summed E-state index contributed by atoms with van der Waals surface area (Å²) in [5.41, 5.74) is 2.37. The zero-order valence-electron chi connectivity index (χ0n) is 10.9. The number of rotatable bonds is 2. The van der Waals surface area contributed by atoms with E-state index in [0.29, 0.717) is 4.83 Å². The molecule has 1 fully saturated rings. The summed E-state index contributed by atoms with van der Waals surface area (Å²) < 4.78 is 2.25. The fraction of sp³-hybridized carbons (Fsp3) is 0.533. The van der Waals surface area contributed by atoms with Gasteiger partial charge in [0.05, 0.1) is 11.0 Å². The number of hydrogen-bond donors (Lipinski definition) is 0. The van der Waals surface area contributed by atoms with Gasteiger partial charge in [-0.25, -0.2) is 4.98 Å². The van der Waals surface area contributed by atoms with Crippen LogP contribution in [0.25, 0.3) is 11.0 Å². The molecule has 2 nitrogen and oxygen atoms in total. The second kappa shape index (κ2) is 4.69. The van der Waals surface area contributed by atoms with Gasteiger partial charge in [0, 0.05) is 18.3 Å². The Bertz CT molecular complexity index is 561. The van der Waals surface area contributed by atoms with Crippen LogP contribution in [-0.4, -0.2) is 14.4 Å². The molecule has 1 aromatic heterocycles. The number of imidazole rings is 1. The van der Waals surface area contributed by atoms with E-state index in [9.17, 15) is 0 Å². The summed E-state index contributed by atoms with van der Waals surface area (Å²) in [6, 6.07) is 8.40. The predicted molar refractivity (Wildman–Crippen MR) is 79.0 cm³/mol.